The van der Waals surface area contributed by atoms with Gasteiger partial charge in [-0.25, -0.2) is 9.78 Å². The zero-order valence-corrected chi connectivity index (χ0v) is 10.3. The van der Waals surface area contributed by atoms with Crippen molar-refractivity contribution >= 4 is 11.7 Å². The van der Waals surface area contributed by atoms with Crippen molar-refractivity contribution < 1.29 is 19.6 Å². The average molecular weight is 275 g/mol. The van der Waals surface area contributed by atoms with E-state index in [9.17, 15) is 14.9 Å². The Hall–Kier alpha value is -3.03. The molecule has 20 heavy (non-hydrogen) atoms. The highest BCUT2D eigenvalue weighted by Gasteiger charge is 2.16. The second-order valence-corrected chi connectivity index (χ2v) is 3.79. The number of nitrogens with zero attached hydrogens (tertiary/aromatic N) is 3. The van der Waals surface area contributed by atoms with Crippen molar-refractivity contribution in [1.82, 2.24) is 9.97 Å². The van der Waals surface area contributed by atoms with Crippen LogP contribution in [0.4, 0.5) is 5.69 Å². The Labute approximate surface area is 112 Å². The SMILES string of the molecule is Cc1c(Oc2nccc(C(=O)O)n2)cccc1[N+](=O)[O-]. The van der Waals surface area contributed by atoms with E-state index in [0.29, 0.717) is 5.56 Å². The first-order chi connectivity index (χ1) is 9.49. The molecule has 1 aromatic heterocycles. The first-order valence-corrected chi connectivity index (χ1v) is 5.47. The van der Waals surface area contributed by atoms with Crippen molar-refractivity contribution in [2.24, 2.45) is 0 Å². The predicted molar refractivity (Wildman–Crippen MR) is 66.9 cm³/mol. The lowest BCUT2D eigenvalue weighted by Gasteiger charge is -2.07. The molecule has 8 heteroatoms. The van der Waals surface area contributed by atoms with Crippen molar-refractivity contribution in [3.05, 3.63) is 51.8 Å². The third kappa shape index (κ3) is 2.69. The maximum Gasteiger partial charge on any atom is 0.354 e. The average Bonchev–Trinajstić information content (AvgIpc) is 2.41. The molecule has 0 unspecified atom stereocenters. The van der Waals surface area contributed by atoms with Crippen molar-refractivity contribution in [3.8, 4) is 11.8 Å². The van der Waals surface area contributed by atoms with E-state index >= 15 is 0 Å². The smallest absolute Gasteiger partial charge is 0.354 e. The number of carbonyl (C=O) groups is 1. The van der Waals surface area contributed by atoms with Crippen LogP contribution < -0.4 is 4.74 Å². The summed E-state index contributed by atoms with van der Waals surface area (Å²) < 4.78 is 5.30. The zero-order chi connectivity index (χ0) is 14.7. The number of benzene rings is 1. The lowest BCUT2D eigenvalue weighted by atomic mass is 10.2. The van der Waals surface area contributed by atoms with Gasteiger partial charge in [-0.05, 0) is 19.1 Å². The van der Waals surface area contributed by atoms with Gasteiger partial charge >= 0.3 is 12.0 Å². The number of ether oxygens (including phenoxy) is 1. The fourth-order valence-electron chi connectivity index (χ4n) is 1.52. The molecule has 0 aliphatic carbocycles. The van der Waals surface area contributed by atoms with Gasteiger partial charge in [0, 0.05) is 12.3 Å². The summed E-state index contributed by atoms with van der Waals surface area (Å²) in [5.41, 5.74) is -0.0169. The van der Waals surface area contributed by atoms with E-state index in [2.05, 4.69) is 9.97 Å². The van der Waals surface area contributed by atoms with Crippen molar-refractivity contribution in [3.63, 3.8) is 0 Å². The second kappa shape index (κ2) is 5.31. The van der Waals surface area contributed by atoms with Gasteiger partial charge in [0.15, 0.2) is 5.69 Å². The van der Waals surface area contributed by atoms with Crippen molar-refractivity contribution in [2.45, 2.75) is 6.92 Å². The van der Waals surface area contributed by atoms with Gasteiger partial charge in [-0.2, -0.15) is 4.98 Å². The van der Waals surface area contributed by atoms with E-state index in [1.54, 1.807) is 0 Å². The third-order valence-corrected chi connectivity index (χ3v) is 2.51. The van der Waals surface area contributed by atoms with Crippen LogP contribution in [0.25, 0.3) is 0 Å². The fourth-order valence-corrected chi connectivity index (χ4v) is 1.52. The number of aromatic nitrogens is 2. The second-order valence-electron chi connectivity index (χ2n) is 3.79. The number of aromatic carboxylic acids is 1. The van der Waals surface area contributed by atoms with Crippen molar-refractivity contribution in [1.29, 1.82) is 0 Å². The van der Waals surface area contributed by atoms with E-state index in [-0.39, 0.29) is 23.1 Å². The molecule has 102 valence electrons. The predicted octanol–water partition coefficient (Wildman–Crippen LogP) is 2.18. The molecule has 8 nitrogen and oxygen atoms in total. The van der Waals surface area contributed by atoms with Gasteiger partial charge in [-0.1, -0.05) is 6.07 Å². The van der Waals surface area contributed by atoms with E-state index in [1.165, 1.54) is 37.4 Å². The van der Waals surface area contributed by atoms with E-state index in [0.717, 1.165) is 0 Å². The molecule has 0 saturated heterocycles. The summed E-state index contributed by atoms with van der Waals surface area (Å²) in [6.07, 6.45) is 1.23. The van der Waals surface area contributed by atoms with Gasteiger partial charge in [0.25, 0.3) is 5.69 Å². The van der Waals surface area contributed by atoms with Crippen LogP contribution in [0.15, 0.2) is 30.5 Å². The summed E-state index contributed by atoms with van der Waals surface area (Å²) in [6.45, 7) is 1.52. The molecule has 1 heterocycles. The molecule has 0 bridgehead atoms. The number of carboxylic acid groups (broad SMARTS) is 1. The van der Waals surface area contributed by atoms with Crippen LogP contribution in [0, 0.1) is 17.0 Å². The Kier molecular flexibility index (Phi) is 3.56. The van der Waals surface area contributed by atoms with Crippen LogP contribution in [-0.2, 0) is 0 Å². The monoisotopic (exact) mass is 275 g/mol. The molecule has 0 saturated carbocycles. The normalized spacial score (nSPS) is 10.1. The number of hydrogen-bond acceptors (Lipinski definition) is 6. The summed E-state index contributed by atoms with van der Waals surface area (Å²) in [5, 5.41) is 19.6. The number of rotatable bonds is 4. The van der Waals surface area contributed by atoms with Crippen molar-refractivity contribution in [2.75, 3.05) is 0 Å². The molecular weight excluding hydrogens is 266 g/mol. The summed E-state index contributed by atoms with van der Waals surface area (Å²) in [7, 11) is 0. The Morgan fingerprint density at radius 2 is 2.15 bits per heavy atom. The Morgan fingerprint density at radius 3 is 2.80 bits per heavy atom. The van der Waals surface area contributed by atoms with Crippen LogP contribution in [0.5, 0.6) is 11.8 Å². The molecule has 0 radical (unpaired) electrons. The molecule has 1 N–H and O–H groups in total. The molecule has 2 aromatic rings. The number of hydrogen-bond donors (Lipinski definition) is 1. The van der Waals surface area contributed by atoms with Crippen LogP contribution in [0.1, 0.15) is 16.1 Å². The summed E-state index contributed by atoms with van der Waals surface area (Å²) in [4.78, 5) is 28.5. The molecule has 0 amide bonds. The molecule has 0 atom stereocenters. The van der Waals surface area contributed by atoms with Gasteiger partial charge in [0.2, 0.25) is 0 Å². The molecule has 0 fully saturated rings. The Bertz CT molecular complexity index is 687. The van der Waals surface area contributed by atoms with Crippen LogP contribution in [-0.4, -0.2) is 26.0 Å². The fraction of sp³-hybridized carbons (Fsp3) is 0.0833. The zero-order valence-electron chi connectivity index (χ0n) is 10.3. The molecular formula is C12H9N3O5. The minimum Gasteiger partial charge on any atom is -0.477 e. The summed E-state index contributed by atoms with van der Waals surface area (Å²) in [6, 6.07) is 5.35. The maximum absolute atomic E-state index is 10.8. The largest absolute Gasteiger partial charge is 0.477 e. The highest BCUT2D eigenvalue weighted by atomic mass is 16.6. The quantitative estimate of drug-likeness (QED) is 0.671. The highest BCUT2D eigenvalue weighted by Crippen LogP contribution is 2.29. The molecule has 2 rings (SSSR count). The number of nitro groups is 1. The topological polar surface area (TPSA) is 115 Å². The molecule has 0 aliphatic rings. The first kappa shape index (κ1) is 13.4. The standard InChI is InChI=1S/C12H9N3O5/c1-7-9(15(18)19)3-2-4-10(7)20-12-13-6-5-8(14-12)11(16)17/h2-6H,1H3,(H,16,17). The Balaban J connectivity index is 2.35. The van der Waals surface area contributed by atoms with Gasteiger partial charge in [0.1, 0.15) is 5.75 Å². The summed E-state index contributed by atoms with van der Waals surface area (Å²) >= 11 is 0. The van der Waals surface area contributed by atoms with Gasteiger partial charge in [-0.3, -0.25) is 10.1 Å². The van der Waals surface area contributed by atoms with Gasteiger partial charge < -0.3 is 9.84 Å². The van der Waals surface area contributed by atoms with E-state index in [4.69, 9.17) is 9.84 Å². The molecule has 1 aromatic carbocycles. The Morgan fingerprint density at radius 1 is 1.40 bits per heavy atom. The van der Waals surface area contributed by atoms with Gasteiger partial charge in [-0.15, -0.1) is 0 Å². The van der Waals surface area contributed by atoms with Crippen LogP contribution >= 0.6 is 0 Å². The highest BCUT2D eigenvalue weighted by molar-refractivity contribution is 5.85. The van der Waals surface area contributed by atoms with Gasteiger partial charge in [0.05, 0.1) is 10.5 Å². The summed E-state index contributed by atoms with van der Waals surface area (Å²) in [5.74, 6) is -1.02. The van der Waals surface area contributed by atoms with Crippen LogP contribution in [0.3, 0.4) is 0 Å². The number of nitro benzene ring substituents is 1. The molecule has 0 spiro atoms. The molecule has 0 aliphatic heterocycles. The van der Waals surface area contributed by atoms with Crippen LogP contribution in [0.2, 0.25) is 0 Å². The lowest BCUT2D eigenvalue weighted by molar-refractivity contribution is -0.385. The minimum absolute atomic E-state index is 0.100. The van der Waals surface area contributed by atoms with E-state index < -0.39 is 10.9 Å². The maximum atomic E-state index is 10.8. The third-order valence-electron chi connectivity index (χ3n) is 2.51. The number of carboxylic acids is 1. The first-order valence-electron chi connectivity index (χ1n) is 5.47. The lowest BCUT2D eigenvalue weighted by Crippen LogP contribution is -2.03. The minimum atomic E-state index is -1.21. The van der Waals surface area contributed by atoms with E-state index in [1.807, 2.05) is 0 Å².